The lowest BCUT2D eigenvalue weighted by Crippen LogP contribution is -2.32. The number of nitrogens with zero attached hydrogens (tertiary/aromatic N) is 3. The van der Waals surface area contributed by atoms with Crippen molar-refractivity contribution in [3.05, 3.63) is 58.9 Å². The van der Waals surface area contributed by atoms with Gasteiger partial charge in [0.2, 0.25) is 5.91 Å². The van der Waals surface area contributed by atoms with Crippen LogP contribution in [0.15, 0.2) is 53.4 Å². The molecule has 0 fully saturated rings. The number of allylic oxidation sites excluding steroid dienone is 2. The molecule has 0 spiro atoms. The minimum Gasteiger partial charge on any atom is -0.402 e. The summed E-state index contributed by atoms with van der Waals surface area (Å²) < 4.78 is 7.57. The van der Waals surface area contributed by atoms with Crippen molar-refractivity contribution in [1.29, 1.82) is 0 Å². The molecule has 2 amide bonds. The zero-order valence-electron chi connectivity index (χ0n) is 19.1. The Balaban J connectivity index is 1.52. The van der Waals surface area contributed by atoms with Crippen molar-refractivity contribution in [3.63, 3.8) is 0 Å². The lowest BCUT2D eigenvalue weighted by Gasteiger charge is -2.19. The first-order valence-corrected chi connectivity index (χ1v) is 10.7. The first-order valence-electron chi connectivity index (χ1n) is 10.7. The number of hydrogen-bond donors (Lipinski definition) is 2. The normalized spacial score (nSPS) is 13.9. The maximum absolute atomic E-state index is 12.6. The molecular formula is C24H29N5O4. The maximum atomic E-state index is 12.6. The summed E-state index contributed by atoms with van der Waals surface area (Å²) in [6, 6.07) is 7.80. The number of anilines is 1. The summed E-state index contributed by atoms with van der Waals surface area (Å²) in [7, 11) is 1.66. The highest BCUT2D eigenvalue weighted by molar-refractivity contribution is 6.01. The van der Waals surface area contributed by atoms with Crippen molar-refractivity contribution >= 4 is 23.8 Å². The van der Waals surface area contributed by atoms with E-state index in [0.29, 0.717) is 50.3 Å². The summed E-state index contributed by atoms with van der Waals surface area (Å²) in [6.45, 7) is 4.91. The molecule has 1 aliphatic heterocycles. The van der Waals surface area contributed by atoms with E-state index >= 15 is 0 Å². The molecule has 33 heavy (non-hydrogen) atoms. The van der Waals surface area contributed by atoms with Crippen LogP contribution in [-0.4, -0.2) is 59.6 Å². The van der Waals surface area contributed by atoms with Crippen molar-refractivity contribution in [2.45, 2.75) is 26.8 Å². The van der Waals surface area contributed by atoms with Gasteiger partial charge in [0.1, 0.15) is 6.29 Å². The molecule has 2 heterocycles. The second-order valence-electron chi connectivity index (χ2n) is 7.98. The first-order chi connectivity index (χ1) is 15.8. The monoisotopic (exact) mass is 451 g/mol. The van der Waals surface area contributed by atoms with E-state index in [9.17, 15) is 14.4 Å². The van der Waals surface area contributed by atoms with Gasteiger partial charge in [-0.3, -0.25) is 19.1 Å². The molecule has 0 unspecified atom stereocenters. The number of aromatic nitrogens is 2. The molecule has 0 saturated heterocycles. The van der Waals surface area contributed by atoms with Crippen LogP contribution in [0.4, 0.5) is 5.69 Å². The molecule has 0 radical (unpaired) electrons. The molecule has 174 valence electrons. The summed E-state index contributed by atoms with van der Waals surface area (Å²) in [6.07, 6.45) is 4.27. The number of likely N-dealkylation sites (N-methyl/N-ethyl adjacent to an activating group) is 1. The Morgan fingerprint density at radius 2 is 2.09 bits per heavy atom. The van der Waals surface area contributed by atoms with Crippen LogP contribution >= 0.6 is 0 Å². The van der Waals surface area contributed by atoms with E-state index in [2.05, 4.69) is 10.4 Å². The van der Waals surface area contributed by atoms with E-state index in [-0.39, 0.29) is 17.4 Å². The molecule has 3 rings (SSSR count). The van der Waals surface area contributed by atoms with Gasteiger partial charge in [-0.15, -0.1) is 0 Å². The zero-order chi connectivity index (χ0) is 24.0. The smallest absolute Gasteiger partial charge is 0.254 e. The zero-order valence-corrected chi connectivity index (χ0v) is 19.1. The van der Waals surface area contributed by atoms with Crippen molar-refractivity contribution in [3.8, 4) is 11.3 Å². The topological polar surface area (TPSA) is 120 Å². The van der Waals surface area contributed by atoms with Gasteiger partial charge < -0.3 is 20.7 Å². The van der Waals surface area contributed by atoms with Crippen LogP contribution in [0.3, 0.4) is 0 Å². The van der Waals surface area contributed by atoms with Crippen molar-refractivity contribution in [1.82, 2.24) is 14.7 Å². The Bertz CT molecular complexity index is 1110. The van der Waals surface area contributed by atoms with Gasteiger partial charge in [-0.25, -0.2) is 0 Å². The summed E-state index contributed by atoms with van der Waals surface area (Å²) >= 11 is 0. The highest BCUT2D eigenvalue weighted by Crippen LogP contribution is 2.28. The van der Waals surface area contributed by atoms with Crippen molar-refractivity contribution in [2.75, 3.05) is 32.1 Å². The summed E-state index contributed by atoms with van der Waals surface area (Å²) in [5, 5.41) is 7.21. The fourth-order valence-corrected chi connectivity index (χ4v) is 3.54. The average molecular weight is 452 g/mol. The number of hydrogen-bond acceptors (Lipinski definition) is 6. The number of carbonyl (C=O) groups excluding carboxylic acids is 3. The van der Waals surface area contributed by atoms with Gasteiger partial charge in [-0.2, -0.15) is 5.10 Å². The molecule has 0 bridgehead atoms. The first kappa shape index (κ1) is 23.9. The van der Waals surface area contributed by atoms with Crippen LogP contribution in [0.2, 0.25) is 0 Å². The highest BCUT2D eigenvalue weighted by Gasteiger charge is 2.19. The number of benzene rings is 1. The number of carbonyl (C=O) groups is 3. The average Bonchev–Trinajstić information content (AvgIpc) is 3.40. The minimum absolute atomic E-state index is 0.00521. The van der Waals surface area contributed by atoms with E-state index in [1.165, 1.54) is 11.0 Å². The Morgan fingerprint density at radius 1 is 1.30 bits per heavy atom. The van der Waals surface area contributed by atoms with Crippen LogP contribution in [-0.2, 0) is 32.1 Å². The molecule has 1 aromatic heterocycles. The minimum atomic E-state index is -0.285. The van der Waals surface area contributed by atoms with Crippen LogP contribution < -0.4 is 11.1 Å². The van der Waals surface area contributed by atoms with E-state index in [1.54, 1.807) is 27.1 Å². The molecule has 2 aromatic rings. The van der Waals surface area contributed by atoms with Crippen LogP contribution in [0, 0.1) is 0 Å². The summed E-state index contributed by atoms with van der Waals surface area (Å²) in [4.78, 5) is 36.9. The lowest BCUT2D eigenvalue weighted by molar-refractivity contribution is -0.126. The summed E-state index contributed by atoms with van der Waals surface area (Å²) in [5.41, 5.74) is 10.5. The van der Waals surface area contributed by atoms with Gasteiger partial charge in [-0.05, 0) is 43.7 Å². The van der Waals surface area contributed by atoms with E-state index < -0.39 is 0 Å². The van der Waals surface area contributed by atoms with Gasteiger partial charge >= 0.3 is 0 Å². The molecule has 1 aliphatic rings. The number of nitrogens with one attached hydrogen (secondary N) is 1. The molecule has 1 aromatic carbocycles. The largest absolute Gasteiger partial charge is 0.402 e. The third-order valence-corrected chi connectivity index (χ3v) is 5.31. The molecule has 9 heteroatoms. The number of aldehydes is 1. The van der Waals surface area contributed by atoms with E-state index in [0.717, 1.165) is 22.5 Å². The Kier molecular flexibility index (Phi) is 7.78. The maximum Gasteiger partial charge on any atom is 0.254 e. The third-order valence-electron chi connectivity index (χ3n) is 5.31. The standard InChI is InChI=1S/C24H29N5O4/c1-16(15-30)20(12-17(2)25)24(32)28(3)8-10-33-11-9-29-22(6-7-26-29)18-4-5-21-19(13-18)14-23(31)27-21/h4-7,12-13,15H,8-11,14,25H2,1-3H3,(H,27,31)/b17-12-,20-16-. The quantitative estimate of drug-likeness (QED) is 0.246. The van der Waals surface area contributed by atoms with Gasteiger partial charge in [0.15, 0.2) is 0 Å². The molecular weight excluding hydrogens is 422 g/mol. The number of rotatable bonds is 10. The highest BCUT2D eigenvalue weighted by atomic mass is 16.5. The molecule has 0 aliphatic carbocycles. The van der Waals surface area contributed by atoms with Crippen LogP contribution in [0.1, 0.15) is 19.4 Å². The Hall–Kier alpha value is -3.72. The Morgan fingerprint density at radius 3 is 2.82 bits per heavy atom. The van der Waals surface area contributed by atoms with Crippen LogP contribution in [0.25, 0.3) is 11.3 Å². The number of fused-ring (bicyclic) bond motifs is 1. The van der Waals surface area contributed by atoms with Gasteiger partial charge in [0, 0.05) is 47.9 Å². The van der Waals surface area contributed by atoms with E-state index in [1.807, 2.05) is 28.9 Å². The number of ether oxygens (including phenoxy) is 1. The molecule has 0 saturated carbocycles. The van der Waals surface area contributed by atoms with E-state index in [4.69, 9.17) is 10.5 Å². The number of nitrogens with two attached hydrogens (primary N) is 1. The fraction of sp³-hybridized carbons (Fsp3) is 0.333. The molecule has 3 N–H and O–H groups in total. The second kappa shape index (κ2) is 10.7. The predicted molar refractivity (Wildman–Crippen MR) is 125 cm³/mol. The fourth-order valence-electron chi connectivity index (χ4n) is 3.54. The Labute approximate surface area is 192 Å². The predicted octanol–water partition coefficient (Wildman–Crippen LogP) is 1.90. The summed E-state index contributed by atoms with van der Waals surface area (Å²) in [5.74, 6) is -0.280. The second-order valence-corrected chi connectivity index (χ2v) is 7.98. The van der Waals surface area contributed by atoms with Crippen molar-refractivity contribution in [2.24, 2.45) is 5.73 Å². The third kappa shape index (κ3) is 5.95. The number of amides is 2. The van der Waals surface area contributed by atoms with Gasteiger partial charge in [-0.1, -0.05) is 6.07 Å². The lowest BCUT2D eigenvalue weighted by atomic mass is 10.1. The molecule has 0 atom stereocenters. The van der Waals surface area contributed by atoms with Crippen LogP contribution in [0.5, 0.6) is 0 Å². The van der Waals surface area contributed by atoms with Gasteiger partial charge in [0.25, 0.3) is 5.91 Å². The van der Waals surface area contributed by atoms with Gasteiger partial charge in [0.05, 0.1) is 31.9 Å². The SMILES string of the molecule is C/C(N)=C/C(C(=O)N(C)CCOCCn1nccc1-c1ccc2c(c1)CC(=O)N2)=C(\C)C=O. The molecule has 9 nitrogen and oxygen atoms in total. The van der Waals surface area contributed by atoms with Crippen molar-refractivity contribution < 1.29 is 19.1 Å².